The largest absolute Gasteiger partial charge is 0.0622 e. The van der Waals surface area contributed by atoms with E-state index in [9.17, 15) is 0 Å². The maximum absolute atomic E-state index is 2.38. The minimum atomic E-state index is 1.24. The van der Waals surface area contributed by atoms with E-state index in [1.807, 2.05) is 0 Å². The van der Waals surface area contributed by atoms with E-state index in [1.165, 1.54) is 92.8 Å². The first-order valence-electron chi connectivity index (χ1n) is 15.0. The van der Waals surface area contributed by atoms with Gasteiger partial charge in [0.1, 0.15) is 0 Å². The Hall–Kier alpha value is -5.46. The van der Waals surface area contributed by atoms with Gasteiger partial charge in [-0.3, -0.25) is 0 Å². The Morgan fingerprint density at radius 3 is 1.44 bits per heavy atom. The van der Waals surface area contributed by atoms with Crippen LogP contribution in [0.5, 0.6) is 0 Å². The van der Waals surface area contributed by atoms with Crippen molar-refractivity contribution in [3.8, 4) is 33.4 Å². The van der Waals surface area contributed by atoms with Crippen molar-refractivity contribution in [2.45, 2.75) is 6.92 Å². The van der Waals surface area contributed by atoms with Crippen LogP contribution in [0.3, 0.4) is 0 Å². The Kier molecular flexibility index (Phi) is 5.21. The highest BCUT2D eigenvalue weighted by Crippen LogP contribution is 2.46. The molecule has 0 spiro atoms. The Morgan fingerprint density at radius 1 is 0.302 bits per heavy atom. The summed E-state index contributed by atoms with van der Waals surface area (Å²) in [4.78, 5) is 0. The highest BCUT2D eigenvalue weighted by Gasteiger charge is 2.19. The molecule has 43 heavy (non-hydrogen) atoms. The molecule has 0 amide bonds. The zero-order chi connectivity index (χ0) is 28.5. The van der Waals surface area contributed by atoms with Gasteiger partial charge >= 0.3 is 0 Å². The number of hydrogen-bond acceptors (Lipinski definition) is 0. The molecule has 0 saturated heterocycles. The van der Waals surface area contributed by atoms with Crippen molar-refractivity contribution in [3.63, 3.8) is 0 Å². The van der Waals surface area contributed by atoms with Crippen molar-refractivity contribution in [2.75, 3.05) is 0 Å². The molecule has 0 unspecified atom stereocenters. The fourth-order valence-electron chi connectivity index (χ4n) is 7.25. The third kappa shape index (κ3) is 3.63. The van der Waals surface area contributed by atoms with E-state index in [2.05, 4.69) is 159 Å². The van der Waals surface area contributed by atoms with E-state index >= 15 is 0 Å². The second-order valence-corrected chi connectivity index (χ2v) is 11.8. The molecule has 0 radical (unpaired) electrons. The number of rotatable bonds is 3. The van der Waals surface area contributed by atoms with Crippen LogP contribution in [0.25, 0.3) is 87.2 Å². The van der Waals surface area contributed by atoms with Gasteiger partial charge in [0.25, 0.3) is 0 Å². The van der Waals surface area contributed by atoms with Gasteiger partial charge in [-0.2, -0.15) is 0 Å². The first-order chi connectivity index (χ1) is 21.2. The monoisotopic (exact) mass is 544 g/mol. The Labute approximate surface area is 250 Å². The van der Waals surface area contributed by atoms with Gasteiger partial charge in [-0.05, 0) is 106 Å². The SMILES string of the molecule is Cc1ccc(-c2ccc3c4cccc5c(-c6cc7ccccc7cc6-c6ccccc6)ccc(c6cccc2c36)c54)cc1. The zero-order valence-corrected chi connectivity index (χ0v) is 23.9. The maximum Gasteiger partial charge on any atom is -0.00201 e. The lowest BCUT2D eigenvalue weighted by molar-refractivity contribution is 1.47. The lowest BCUT2D eigenvalue weighted by Gasteiger charge is -2.19. The van der Waals surface area contributed by atoms with Gasteiger partial charge in [0.15, 0.2) is 0 Å². The second kappa shape index (κ2) is 9.28. The normalized spacial score (nSPS) is 11.8. The van der Waals surface area contributed by atoms with Crippen molar-refractivity contribution < 1.29 is 0 Å². The molecule has 0 atom stereocenters. The summed E-state index contributed by atoms with van der Waals surface area (Å²) in [5.74, 6) is 0. The molecule has 0 aromatic heterocycles. The van der Waals surface area contributed by atoms with E-state index in [0.717, 1.165) is 0 Å². The van der Waals surface area contributed by atoms with Crippen LogP contribution in [0.2, 0.25) is 0 Å². The molecule has 0 fully saturated rings. The van der Waals surface area contributed by atoms with Gasteiger partial charge < -0.3 is 0 Å². The van der Waals surface area contributed by atoms with E-state index < -0.39 is 0 Å². The second-order valence-electron chi connectivity index (χ2n) is 11.8. The van der Waals surface area contributed by atoms with Gasteiger partial charge in [0.2, 0.25) is 0 Å². The first kappa shape index (κ1) is 24.2. The summed E-state index contributed by atoms with van der Waals surface area (Å²) in [6, 6.07) is 56.2. The smallest absolute Gasteiger partial charge is 0.00201 e. The molecule has 0 nitrogen and oxygen atoms in total. The topological polar surface area (TPSA) is 0 Å². The van der Waals surface area contributed by atoms with Crippen molar-refractivity contribution in [3.05, 3.63) is 157 Å². The molecule has 9 rings (SSSR count). The molecule has 0 saturated carbocycles. The summed E-state index contributed by atoms with van der Waals surface area (Å²) in [6.07, 6.45) is 0. The van der Waals surface area contributed by atoms with Crippen LogP contribution >= 0.6 is 0 Å². The van der Waals surface area contributed by atoms with Crippen molar-refractivity contribution in [2.24, 2.45) is 0 Å². The number of fused-ring (bicyclic) bond motifs is 3. The Morgan fingerprint density at radius 2 is 0.791 bits per heavy atom. The van der Waals surface area contributed by atoms with Crippen LogP contribution in [0.4, 0.5) is 0 Å². The Balaban J connectivity index is 1.38. The fourth-order valence-corrected chi connectivity index (χ4v) is 7.25. The number of benzene rings is 9. The molecule has 0 bridgehead atoms. The molecule has 0 aliphatic heterocycles. The third-order valence-corrected chi connectivity index (χ3v) is 9.29. The van der Waals surface area contributed by atoms with Crippen LogP contribution in [0.15, 0.2) is 152 Å². The molecule has 9 aromatic rings. The summed E-state index contributed by atoms with van der Waals surface area (Å²) in [5, 5.41) is 13.1. The minimum absolute atomic E-state index is 1.24. The lowest BCUT2D eigenvalue weighted by Crippen LogP contribution is -1.92. The van der Waals surface area contributed by atoms with Crippen molar-refractivity contribution >= 4 is 53.9 Å². The molecule has 200 valence electrons. The van der Waals surface area contributed by atoms with Crippen LogP contribution in [0.1, 0.15) is 5.56 Å². The molecule has 0 heterocycles. The zero-order valence-electron chi connectivity index (χ0n) is 23.9. The molecule has 0 N–H and O–H groups in total. The third-order valence-electron chi connectivity index (χ3n) is 9.29. The predicted molar refractivity (Wildman–Crippen MR) is 186 cm³/mol. The van der Waals surface area contributed by atoms with Gasteiger partial charge in [0, 0.05) is 0 Å². The number of hydrogen-bond donors (Lipinski definition) is 0. The summed E-state index contributed by atoms with van der Waals surface area (Å²) in [7, 11) is 0. The molecule has 9 aromatic carbocycles. The van der Waals surface area contributed by atoms with Gasteiger partial charge in [-0.1, -0.05) is 145 Å². The lowest BCUT2D eigenvalue weighted by atomic mass is 9.84. The highest BCUT2D eigenvalue weighted by molar-refractivity contribution is 6.35. The Bertz CT molecular complexity index is 2460. The maximum atomic E-state index is 2.38. The summed E-state index contributed by atoms with van der Waals surface area (Å²) in [6.45, 7) is 2.15. The molecule has 0 aliphatic carbocycles. The van der Waals surface area contributed by atoms with Gasteiger partial charge in [-0.15, -0.1) is 0 Å². The highest BCUT2D eigenvalue weighted by atomic mass is 14.2. The summed E-state index contributed by atoms with van der Waals surface area (Å²) < 4.78 is 0. The average molecular weight is 545 g/mol. The van der Waals surface area contributed by atoms with Crippen LogP contribution in [-0.2, 0) is 0 Å². The van der Waals surface area contributed by atoms with Crippen molar-refractivity contribution in [1.29, 1.82) is 0 Å². The number of aryl methyl sites for hydroxylation is 1. The van der Waals surface area contributed by atoms with E-state index in [0.29, 0.717) is 0 Å². The van der Waals surface area contributed by atoms with E-state index in [-0.39, 0.29) is 0 Å². The van der Waals surface area contributed by atoms with Crippen LogP contribution in [0, 0.1) is 6.92 Å². The molecule has 0 aliphatic rings. The van der Waals surface area contributed by atoms with Crippen LogP contribution < -0.4 is 0 Å². The van der Waals surface area contributed by atoms with Crippen molar-refractivity contribution in [1.82, 2.24) is 0 Å². The van der Waals surface area contributed by atoms with Gasteiger partial charge in [-0.25, -0.2) is 0 Å². The first-order valence-corrected chi connectivity index (χ1v) is 15.0. The minimum Gasteiger partial charge on any atom is -0.0622 e. The molecular weight excluding hydrogens is 516 g/mol. The molecule has 0 heteroatoms. The predicted octanol–water partition coefficient (Wildman–Crippen LogP) is 12.2. The quantitative estimate of drug-likeness (QED) is 0.153. The van der Waals surface area contributed by atoms with E-state index in [1.54, 1.807) is 0 Å². The summed E-state index contributed by atoms with van der Waals surface area (Å²) >= 11 is 0. The molecular formula is C43H28. The summed E-state index contributed by atoms with van der Waals surface area (Å²) in [5.41, 5.74) is 8.88. The van der Waals surface area contributed by atoms with Gasteiger partial charge in [0.05, 0.1) is 0 Å². The van der Waals surface area contributed by atoms with E-state index in [4.69, 9.17) is 0 Å². The standard InChI is InChI=1S/C43H28/c1-27-17-19-29(20-18-27)32-21-23-38-37-16-8-14-35-33(22-24-39(43(35)37)36-15-7-13-34(32)42(36)38)41-26-31-12-6-5-11-30(31)25-40(41)28-9-3-2-4-10-28/h2-26H,1H3. The fraction of sp³-hybridized carbons (Fsp3) is 0.0233. The average Bonchev–Trinajstić information content (AvgIpc) is 3.07. The van der Waals surface area contributed by atoms with Crippen LogP contribution in [-0.4, -0.2) is 0 Å².